The Balaban J connectivity index is 1.84. The lowest BCUT2D eigenvalue weighted by molar-refractivity contribution is -0.126. The van der Waals surface area contributed by atoms with Crippen LogP contribution in [0.4, 0.5) is 11.4 Å². The van der Waals surface area contributed by atoms with Crippen molar-refractivity contribution in [2.45, 2.75) is 26.7 Å². The number of hydrogen-bond acceptors (Lipinski definition) is 6. The van der Waals surface area contributed by atoms with Crippen molar-refractivity contribution in [3.8, 4) is 0 Å². The summed E-state index contributed by atoms with van der Waals surface area (Å²) < 4.78 is 0.850. The third kappa shape index (κ3) is 6.25. The number of alkyl halides is 1. The van der Waals surface area contributed by atoms with Crippen molar-refractivity contribution >= 4 is 63.5 Å². The summed E-state index contributed by atoms with van der Waals surface area (Å²) in [4.78, 5) is 47.5. The van der Waals surface area contributed by atoms with Gasteiger partial charge in [0.05, 0.1) is 17.6 Å². The molecule has 0 atom stereocenters. The Morgan fingerprint density at radius 3 is 2.61 bits per heavy atom. The lowest BCUT2D eigenvalue weighted by Crippen LogP contribution is -2.35. The van der Waals surface area contributed by atoms with E-state index in [9.17, 15) is 14.4 Å². The summed E-state index contributed by atoms with van der Waals surface area (Å²) in [5, 5.41) is 2.76. The van der Waals surface area contributed by atoms with Gasteiger partial charge in [-0.25, -0.2) is 4.99 Å². The van der Waals surface area contributed by atoms with Crippen LogP contribution in [-0.2, 0) is 4.79 Å². The Bertz CT molecular complexity index is 1120. The minimum absolute atomic E-state index is 0.0390. The molecule has 3 rings (SSSR count). The van der Waals surface area contributed by atoms with Gasteiger partial charge in [-0.2, -0.15) is 0 Å². The van der Waals surface area contributed by atoms with Crippen LogP contribution in [0, 0.1) is 0 Å². The summed E-state index contributed by atoms with van der Waals surface area (Å²) in [6.45, 7) is 4.83. The number of benzene rings is 1. The van der Waals surface area contributed by atoms with Crippen LogP contribution in [-0.4, -0.2) is 50.8 Å². The lowest BCUT2D eigenvalue weighted by Gasteiger charge is -2.22. The van der Waals surface area contributed by atoms with Crippen molar-refractivity contribution in [2.24, 2.45) is 10.7 Å². The zero-order valence-electron chi connectivity index (χ0n) is 18.6. The highest BCUT2D eigenvalue weighted by atomic mass is 127. The van der Waals surface area contributed by atoms with E-state index >= 15 is 0 Å². The number of amides is 2. The first-order valence-electron chi connectivity index (χ1n) is 10.6. The molecule has 0 saturated carbocycles. The van der Waals surface area contributed by atoms with E-state index in [0.717, 1.165) is 16.4 Å². The standard InChI is InChI=1S/C24H26IN5O3/c1-3-9-30(10-8-25)24(33)18-11-16-4-5-17(12-21(16)29-22(26)13-18)23(32)28-19-6-7-20(15(2)31)27-14-19/h4-7,11-12,14H,3,8-10,13H2,1-2H3,(H2,26,29)(H,28,32). The summed E-state index contributed by atoms with van der Waals surface area (Å²) in [5.74, 6) is -0.208. The van der Waals surface area contributed by atoms with Crippen LogP contribution in [0.25, 0.3) is 6.08 Å². The van der Waals surface area contributed by atoms with Crippen LogP contribution < -0.4 is 11.1 Å². The number of aromatic nitrogens is 1. The molecule has 0 aliphatic carbocycles. The van der Waals surface area contributed by atoms with Gasteiger partial charge in [-0.3, -0.25) is 19.4 Å². The highest BCUT2D eigenvalue weighted by Crippen LogP contribution is 2.28. The summed E-state index contributed by atoms with van der Waals surface area (Å²) >= 11 is 2.26. The largest absolute Gasteiger partial charge is 0.387 e. The Kier molecular flexibility index (Phi) is 8.32. The summed E-state index contributed by atoms with van der Waals surface area (Å²) in [5.41, 5.74) is 9.16. The minimum atomic E-state index is -0.343. The number of carbonyl (C=O) groups is 3. The van der Waals surface area contributed by atoms with Crippen molar-refractivity contribution in [2.75, 3.05) is 22.8 Å². The second kappa shape index (κ2) is 11.2. The van der Waals surface area contributed by atoms with Crippen LogP contribution in [0.1, 0.15) is 53.1 Å². The van der Waals surface area contributed by atoms with Gasteiger partial charge < -0.3 is 16.0 Å². The predicted octanol–water partition coefficient (Wildman–Crippen LogP) is 3.99. The first-order chi connectivity index (χ1) is 15.8. The molecule has 3 N–H and O–H groups in total. The van der Waals surface area contributed by atoms with E-state index in [2.05, 4.69) is 37.9 Å². The Morgan fingerprint density at radius 1 is 1.18 bits per heavy atom. The number of Topliss-reactive ketones (excluding diaryl/α,β-unsaturated/α-hetero) is 1. The van der Waals surface area contributed by atoms with Gasteiger partial charge in [-0.15, -0.1) is 0 Å². The topological polar surface area (TPSA) is 118 Å². The van der Waals surface area contributed by atoms with E-state index in [0.29, 0.717) is 47.1 Å². The molecule has 1 aliphatic heterocycles. The number of halogens is 1. The van der Waals surface area contributed by atoms with E-state index in [-0.39, 0.29) is 24.0 Å². The maximum Gasteiger partial charge on any atom is 0.255 e. The molecule has 0 saturated heterocycles. The SMILES string of the molecule is CCCN(CCI)C(=O)C1=Cc2ccc(C(=O)Nc3ccc(C(C)=O)nc3)cc2N=C(N)C1. The number of aliphatic imine (C=N–C) groups is 1. The first kappa shape index (κ1) is 24.6. The molecule has 0 spiro atoms. The molecular formula is C24H26IN5O3. The number of hydrogen-bond donors (Lipinski definition) is 2. The molecule has 2 heterocycles. The van der Waals surface area contributed by atoms with Gasteiger partial charge in [-0.05, 0) is 36.8 Å². The van der Waals surface area contributed by atoms with Crippen LogP contribution in [0.5, 0.6) is 0 Å². The molecule has 0 fully saturated rings. The third-order valence-corrected chi connectivity index (χ3v) is 5.53. The monoisotopic (exact) mass is 559 g/mol. The maximum absolute atomic E-state index is 13.1. The van der Waals surface area contributed by atoms with Crippen molar-refractivity contribution in [3.63, 3.8) is 0 Å². The van der Waals surface area contributed by atoms with Gasteiger partial charge >= 0.3 is 0 Å². The quantitative estimate of drug-likeness (QED) is 0.288. The molecule has 2 aromatic rings. The molecule has 1 aromatic carbocycles. The first-order valence-corrected chi connectivity index (χ1v) is 12.2. The van der Waals surface area contributed by atoms with Crippen molar-refractivity contribution in [1.29, 1.82) is 0 Å². The smallest absolute Gasteiger partial charge is 0.255 e. The van der Waals surface area contributed by atoms with E-state index in [1.54, 1.807) is 30.3 Å². The zero-order chi connectivity index (χ0) is 24.0. The Morgan fingerprint density at radius 2 is 1.97 bits per heavy atom. The minimum Gasteiger partial charge on any atom is -0.387 e. The van der Waals surface area contributed by atoms with Crippen LogP contribution in [0.15, 0.2) is 47.1 Å². The predicted molar refractivity (Wildman–Crippen MR) is 138 cm³/mol. The van der Waals surface area contributed by atoms with Crippen LogP contribution in [0.2, 0.25) is 0 Å². The Labute approximate surface area is 206 Å². The van der Waals surface area contributed by atoms with Crippen LogP contribution >= 0.6 is 22.6 Å². The summed E-state index contributed by atoms with van der Waals surface area (Å²) in [7, 11) is 0. The molecule has 2 amide bonds. The van der Waals surface area contributed by atoms with E-state index in [4.69, 9.17) is 5.73 Å². The summed E-state index contributed by atoms with van der Waals surface area (Å²) in [6.07, 6.45) is 4.38. The number of nitrogens with zero attached hydrogens (tertiary/aromatic N) is 3. The van der Waals surface area contributed by atoms with Gasteiger partial charge in [-0.1, -0.05) is 35.6 Å². The Hall–Kier alpha value is -3.08. The van der Waals surface area contributed by atoms with E-state index < -0.39 is 0 Å². The molecule has 1 aliphatic rings. The molecule has 0 radical (unpaired) electrons. The fraction of sp³-hybridized carbons (Fsp3) is 0.292. The highest BCUT2D eigenvalue weighted by molar-refractivity contribution is 14.1. The number of ketones is 1. The second-order valence-corrected chi connectivity index (χ2v) is 8.73. The average molecular weight is 559 g/mol. The molecule has 1 aromatic heterocycles. The number of amidine groups is 1. The number of fused-ring (bicyclic) bond motifs is 1. The second-order valence-electron chi connectivity index (χ2n) is 7.65. The number of carbonyl (C=O) groups excluding carboxylic acids is 3. The fourth-order valence-electron chi connectivity index (χ4n) is 3.44. The number of anilines is 1. The van der Waals surface area contributed by atoms with Gasteiger partial charge in [0.15, 0.2) is 5.78 Å². The van der Waals surface area contributed by atoms with Gasteiger partial charge in [0, 0.05) is 47.6 Å². The molecule has 9 heteroatoms. The number of nitrogens with one attached hydrogen (secondary N) is 1. The number of pyridine rings is 1. The fourth-order valence-corrected chi connectivity index (χ4v) is 4.02. The molecular weight excluding hydrogens is 533 g/mol. The van der Waals surface area contributed by atoms with E-state index in [1.165, 1.54) is 13.1 Å². The van der Waals surface area contributed by atoms with Gasteiger partial charge in [0.1, 0.15) is 11.5 Å². The normalized spacial score (nSPS) is 12.7. The molecule has 33 heavy (non-hydrogen) atoms. The lowest BCUT2D eigenvalue weighted by atomic mass is 10.0. The molecule has 172 valence electrons. The molecule has 0 bridgehead atoms. The van der Waals surface area contributed by atoms with Crippen molar-refractivity contribution < 1.29 is 14.4 Å². The van der Waals surface area contributed by atoms with Gasteiger partial charge in [0.25, 0.3) is 5.91 Å². The van der Waals surface area contributed by atoms with Crippen molar-refractivity contribution in [1.82, 2.24) is 9.88 Å². The van der Waals surface area contributed by atoms with Crippen molar-refractivity contribution in [3.05, 3.63) is 58.9 Å². The summed E-state index contributed by atoms with van der Waals surface area (Å²) in [6, 6.07) is 8.27. The average Bonchev–Trinajstić information content (AvgIpc) is 2.96. The van der Waals surface area contributed by atoms with E-state index in [1.807, 2.05) is 17.9 Å². The highest BCUT2D eigenvalue weighted by Gasteiger charge is 2.21. The maximum atomic E-state index is 13.1. The zero-order valence-corrected chi connectivity index (χ0v) is 20.8. The number of nitrogens with two attached hydrogens (primary N) is 1. The van der Waals surface area contributed by atoms with Gasteiger partial charge in [0.2, 0.25) is 5.91 Å². The third-order valence-electron chi connectivity index (χ3n) is 5.05. The molecule has 8 nitrogen and oxygen atoms in total. The molecule has 0 unspecified atom stereocenters. The number of rotatable bonds is 8. The van der Waals surface area contributed by atoms with Crippen LogP contribution in [0.3, 0.4) is 0 Å².